The number of hydrogen-bond donors (Lipinski definition) is 1. The number of carbonyl (C=O) groups excluding carboxylic acids is 2. The smallest absolute Gasteiger partial charge is 0.269 e. The lowest BCUT2D eigenvalue weighted by molar-refractivity contribution is -0.384. The van der Waals surface area contributed by atoms with Gasteiger partial charge in [0.2, 0.25) is 5.91 Å². The fraction of sp³-hybridized carbons (Fsp3) is 0.462. The summed E-state index contributed by atoms with van der Waals surface area (Å²) in [6, 6.07) is 13.4. The maximum atomic E-state index is 13.3. The standard InChI is InChI=1S/C26H34N4O4/c1-18(2)23(27-24(31)19-6-8-20(9-7-19)26(3,4)5)25(32)29-16-14-28(15-17-29)21-10-12-22(13-11-21)30(33)34/h6-13,18,23H,14-17H2,1-5H3,(H,27,31)/t23-/m0/s1. The number of amides is 2. The molecular formula is C26H34N4O4. The Hall–Kier alpha value is -3.42. The third-order valence-electron chi connectivity index (χ3n) is 6.25. The van der Waals surface area contributed by atoms with Gasteiger partial charge in [-0.3, -0.25) is 19.7 Å². The molecule has 2 aromatic carbocycles. The number of rotatable bonds is 6. The van der Waals surface area contributed by atoms with Gasteiger partial charge >= 0.3 is 0 Å². The van der Waals surface area contributed by atoms with Crippen molar-refractivity contribution in [3.05, 3.63) is 69.8 Å². The molecule has 182 valence electrons. The van der Waals surface area contributed by atoms with Gasteiger partial charge in [-0.25, -0.2) is 0 Å². The topological polar surface area (TPSA) is 95.8 Å². The predicted octanol–water partition coefficient (Wildman–Crippen LogP) is 4.00. The van der Waals surface area contributed by atoms with Crippen LogP contribution in [0.4, 0.5) is 11.4 Å². The average molecular weight is 467 g/mol. The van der Waals surface area contributed by atoms with E-state index in [1.807, 2.05) is 26.0 Å². The summed E-state index contributed by atoms with van der Waals surface area (Å²) in [5, 5.41) is 13.8. The molecule has 2 aromatic rings. The van der Waals surface area contributed by atoms with Crippen LogP contribution < -0.4 is 10.2 Å². The van der Waals surface area contributed by atoms with Crippen LogP contribution in [0, 0.1) is 16.0 Å². The van der Waals surface area contributed by atoms with Crippen molar-refractivity contribution in [2.45, 2.75) is 46.1 Å². The summed E-state index contributed by atoms with van der Waals surface area (Å²) < 4.78 is 0. The fourth-order valence-electron chi connectivity index (χ4n) is 4.03. The lowest BCUT2D eigenvalue weighted by Crippen LogP contribution is -2.56. The van der Waals surface area contributed by atoms with Crippen LogP contribution in [0.1, 0.15) is 50.5 Å². The van der Waals surface area contributed by atoms with Gasteiger partial charge in [0, 0.05) is 49.6 Å². The second-order valence-corrected chi connectivity index (χ2v) is 10.1. The second-order valence-electron chi connectivity index (χ2n) is 10.1. The summed E-state index contributed by atoms with van der Waals surface area (Å²) in [5.74, 6) is -0.395. The molecule has 1 saturated heterocycles. The van der Waals surface area contributed by atoms with E-state index in [4.69, 9.17) is 0 Å². The normalized spacial score (nSPS) is 15.2. The fourth-order valence-corrected chi connectivity index (χ4v) is 4.03. The van der Waals surface area contributed by atoms with E-state index in [1.165, 1.54) is 12.1 Å². The number of anilines is 1. The zero-order valence-electron chi connectivity index (χ0n) is 20.6. The Balaban J connectivity index is 1.61. The molecule has 1 N–H and O–H groups in total. The van der Waals surface area contributed by atoms with E-state index in [1.54, 1.807) is 29.2 Å². The van der Waals surface area contributed by atoms with Crippen LogP contribution in [0.15, 0.2) is 48.5 Å². The van der Waals surface area contributed by atoms with Crippen LogP contribution in [0.5, 0.6) is 0 Å². The third kappa shape index (κ3) is 5.92. The zero-order chi connectivity index (χ0) is 25.0. The molecular weight excluding hydrogens is 432 g/mol. The van der Waals surface area contributed by atoms with Crippen molar-refractivity contribution in [1.82, 2.24) is 10.2 Å². The van der Waals surface area contributed by atoms with Crippen molar-refractivity contribution in [3.8, 4) is 0 Å². The highest BCUT2D eigenvalue weighted by atomic mass is 16.6. The highest BCUT2D eigenvalue weighted by molar-refractivity contribution is 5.97. The number of nitrogens with one attached hydrogen (secondary N) is 1. The van der Waals surface area contributed by atoms with Gasteiger partial charge in [-0.15, -0.1) is 0 Å². The van der Waals surface area contributed by atoms with E-state index in [2.05, 4.69) is 31.0 Å². The van der Waals surface area contributed by atoms with E-state index >= 15 is 0 Å². The Morgan fingerprint density at radius 1 is 0.941 bits per heavy atom. The van der Waals surface area contributed by atoms with Gasteiger partial charge in [0.15, 0.2) is 0 Å². The summed E-state index contributed by atoms with van der Waals surface area (Å²) in [6.07, 6.45) is 0. The molecule has 0 unspecified atom stereocenters. The molecule has 1 fully saturated rings. The summed E-state index contributed by atoms with van der Waals surface area (Å²) in [4.78, 5) is 40.5. The van der Waals surface area contributed by atoms with Gasteiger partial charge in [0.1, 0.15) is 6.04 Å². The van der Waals surface area contributed by atoms with Crippen molar-refractivity contribution >= 4 is 23.2 Å². The SMILES string of the molecule is CC(C)[C@H](NC(=O)c1ccc(C(C)(C)C)cc1)C(=O)N1CCN(c2ccc([N+](=O)[O-])cc2)CC1. The van der Waals surface area contributed by atoms with E-state index in [0.29, 0.717) is 31.7 Å². The molecule has 0 radical (unpaired) electrons. The molecule has 0 spiro atoms. The quantitative estimate of drug-likeness (QED) is 0.513. The molecule has 1 heterocycles. The average Bonchev–Trinajstić information content (AvgIpc) is 2.81. The van der Waals surface area contributed by atoms with Crippen LogP contribution >= 0.6 is 0 Å². The lowest BCUT2D eigenvalue weighted by Gasteiger charge is -2.38. The number of piperazine rings is 1. The maximum Gasteiger partial charge on any atom is 0.269 e. The first-order valence-corrected chi connectivity index (χ1v) is 11.7. The molecule has 0 aliphatic carbocycles. The van der Waals surface area contributed by atoms with E-state index in [-0.39, 0.29) is 28.8 Å². The molecule has 0 bridgehead atoms. The van der Waals surface area contributed by atoms with Gasteiger partial charge in [-0.1, -0.05) is 46.8 Å². The number of non-ortho nitro benzene ring substituents is 1. The minimum Gasteiger partial charge on any atom is -0.368 e. The first kappa shape index (κ1) is 25.2. The summed E-state index contributed by atoms with van der Waals surface area (Å²) >= 11 is 0. The van der Waals surface area contributed by atoms with Crippen LogP contribution in [0.3, 0.4) is 0 Å². The second kappa shape index (κ2) is 10.2. The minimum atomic E-state index is -0.610. The molecule has 8 heteroatoms. The number of nitrogens with zero attached hydrogens (tertiary/aromatic N) is 3. The Labute approximate surface area is 201 Å². The molecule has 1 aliphatic rings. The van der Waals surface area contributed by atoms with E-state index in [0.717, 1.165) is 11.3 Å². The van der Waals surface area contributed by atoms with Gasteiger partial charge in [-0.2, -0.15) is 0 Å². The molecule has 2 amide bonds. The maximum absolute atomic E-state index is 13.3. The Bertz CT molecular complexity index is 1020. The third-order valence-corrected chi connectivity index (χ3v) is 6.25. The highest BCUT2D eigenvalue weighted by Crippen LogP contribution is 2.23. The van der Waals surface area contributed by atoms with Gasteiger partial charge in [0.25, 0.3) is 11.6 Å². The van der Waals surface area contributed by atoms with Crippen LogP contribution in [0.25, 0.3) is 0 Å². The van der Waals surface area contributed by atoms with Gasteiger partial charge < -0.3 is 15.1 Å². The molecule has 0 saturated carbocycles. The molecule has 1 aliphatic heterocycles. The Morgan fingerprint density at radius 3 is 1.97 bits per heavy atom. The zero-order valence-corrected chi connectivity index (χ0v) is 20.6. The molecule has 8 nitrogen and oxygen atoms in total. The van der Waals surface area contributed by atoms with Crippen molar-refractivity contribution in [2.75, 3.05) is 31.1 Å². The molecule has 34 heavy (non-hydrogen) atoms. The number of carbonyl (C=O) groups is 2. The van der Waals surface area contributed by atoms with Crippen LogP contribution in [-0.4, -0.2) is 53.9 Å². The highest BCUT2D eigenvalue weighted by Gasteiger charge is 2.31. The summed E-state index contributed by atoms with van der Waals surface area (Å²) in [6.45, 7) is 12.5. The summed E-state index contributed by atoms with van der Waals surface area (Å²) in [5.41, 5.74) is 2.63. The Kier molecular flexibility index (Phi) is 7.59. The first-order chi connectivity index (χ1) is 16.0. The molecule has 0 aromatic heterocycles. The van der Waals surface area contributed by atoms with Crippen LogP contribution in [0.2, 0.25) is 0 Å². The van der Waals surface area contributed by atoms with Crippen molar-refractivity contribution in [2.24, 2.45) is 5.92 Å². The van der Waals surface area contributed by atoms with E-state index in [9.17, 15) is 19.7 Å². The van der Waals surface area contributed by atoms with Crippen molar-refractivity contribution in [1.29, 1.82) is 0 Å². The van der Waals surface area contributed by atoms with E-state index < -0.39 is 11.0 Å². The summed E-state index contributed by atoms with van der Waals surface area (Å²) in [7, 11) is 0. The van der Waals surface area contributed by atoms with Crippen molar-refractivity contribution in [3.63, 3.8) is 0 Å². The number of nitro benzene ring substituents is 1. The molecule has 3 rings (SSSR count). The number of hydrogen-bond acceptors (Lipinski definition) is 5. The Morgan fingerprint density at radius 2 is 1.50 bits per heavy atom. The number of benzene rings is 2. The monoisotopic (exact) mass is 466 g/mol. The predicted molar refractivity (Wildman–Crippen MR) is 133 cm³/mol. The van der Waals surface area contributed by atoms with Gasteiger partial charge in [0.05, 0.1) is 4.92 Å². The molecule has 1 atom stereocenters. The number of nitro groups is 1. The van der Waals surface area contributed by atoms with Gasteiger partial charge in [-0.05, 0) is 41.2 Å². The lowest BCUT2D eigenvalue weighted by atomic mass is 9.86. The first-order valence-electron chi connectivity index (χ1n) is 11.7. The van der Waals surface area contributed by atoms with Crippen molar-refractivity contribution < 1.29 is 14.5 Å². The minimum absolute atomic E-state index is 0.00204. The largest absolute Gasteiger partial charge is 0.368 e. The van der Waals surface area contributed by atoms with Crippen LogP contribution in [-0.2, 0) is 10.2 Å².